The van der Waals surface area contributed by atoms with Gasteiger partial charge in [-0.3, -0.25) is 0 Å². The van der Waals surface area contributed by atoms with Gasteiger partial charge in [-0.05, 0) is 42.3 Å². The topological polar surface area (TPSA) is 59.0 Å². The summed E-state index contributed by atoms with van der Waals surface area (Å²) in [4.78, 5) is 16.2. The molecule has 2 N–H and O–H groups in total. The van der Waals surface area contributed by atoms with Crippen molar-refractivity contribution in [2.45, 2.75) is 19.5 Å². The molecule has 3 aromatic rings. The number of aryl methyl sites for hydroxylation is 1. The molecule has 2 amide bonds. The zero-order valence-electron chi connectivity index (χ0n) is 13.2. The Bertz CT molecular complexity index is 813. The van der Waals surface area contributed by atoms with Crippen LogP contribution in [-0.2, 0) is 13.1 Å². The van der Waals surface area contributed by atoms with E-state index in [2.05, 4.69) is 26.3 Å². The Morgan fingerprint density at radius 2 is 1.96 bits per heavy atom. The van der Waals surface area contributed by atoms with Crippen LogP contribution in [0, 0.1) is 0 Å². The van der Waals surface area contributed by atoms with Gasteiger partial charge in [-0.25, -0.2) is 9.78 Å². The molecule has 0 aliphatic heterocycles. The number of hydrogen-bond acceptors (Lipinski definition) is 2. The highest BCUT2D eigenvalue weighted by Gasteiger charge is 2.03. The second-order valence-electron chi connectivity index (χ2n) is 5.51. The lowest BCUT2D eigenvalue weighted by Gasteiger charge is -2.08. The number of nitrogens with one attached hydrogen (secondary N) is 2. The lowest BCUT2D eigenvalue weighted by molar-refractivity contribution is 0.240. The van der Waals surface area contributed by atoms with Gasteiger partial charge in [0.15, 0.2) is 0 Å². The Morgan fingerprint density at radius 3 is 2.79 bits per heavy atom. The number of hydrogen-bond donors (Lipinski definition) is 2. The maximum absolute atomic E-state index is 11.8. The lowest BCUT2D eigenvalue weighted by atomic mass is 10.2. The number of aromatic nitrogens is 2. The number of carbonyl (C=O) groups excluding carboxylic acids is 1. The number of benzene rings is 1. The van der Waals surface area contributed by atoms with E-state index in [4.69, 9.17) is 11.6 Å². The van der Waals surface area contributed by atoms with Crippen LogP contribution in [0.2, 0.25) is 5.02 Å². The van der Waals surface area contributed by atoms with Gasteiger partial charge >= 0.3 is 6.03 Å². The fourth-order valence-electron chi connectivity index (χ4n) is 2.50. The molecule has 0 atom stereocenters. The molecule has 0 saturated heterocycles. The molecular weight excluding hydrogens is 324 g/mol. The van der Waals surface area contributed by atoms with Crippen molar-refractivity contribution < 1.29 is 4.79 Å². The highest BCUT2D eigenvalue weighted by Crippen LogP contribution is 2.12. The van der Waals surface area contributed by atoms with Gasteiger partial charge in [0.05, 0.1) is 0 Å². The standard InChI is InChI=1S/C18H19ClN4O/c19-16-6-4-14(5-7-16)13-22-18(24)21-10-2-11-23-12-8-15-3-1-9-20-17(15)23/h1,3-9,12H,2,10-11,13H2,(H2,21,22,24). The van der Waals surface area contributed by atoms with Crippen LogP contribution in [0.1, 0.15) is 12.0 Å². The van der Waals surface area contributed by atoms with Crippen LogP contribution < -0.4 is 10.6 Å². The smallest absolute Gasteiger partial charge is 0.315 e. The van der Waals surface area contributed by atoms with Crippen LogP contribution in [0.15, 0.2) is 54.9 Å². The Labute approximate surface area is 145 Å². The van der Waals surface area contributed by atoms with E-state index >= 15 is 0 Å². The summed E-state index contributed by atoms with van der Waals surface area (Å²) in [5.74, 6) is 0. The molecule has 2 aromatic heterocycles. The van der Waals surface area contributed by atoms with E-state index in [1.807, 2.05) is 42.6 Å². The highest BCUT2D eigenvalue weighted by molar-refractivity contribution is 6.30. The summed E-state index contributed by atoms with van der Waals surface area (Å²) in [5.41, 5.74) is 1.99. The molecular formula is C18H19ClN4O. The molecule has 5 nitrogen and oxygen atoms in total. The summed E-state index contributed by atoms with van der Waals surface area (Å²) in [7, 11) is 0. The molecule has 0 aliphatic rings. The van der Waals surface area contributed by atoms with Crippen LogP contribution >= 0.6 is 11.6 Å². The first-order valence-corrected chi connectivity index (χ1v) is 8.26. The van der Waals surface area contributed by atoms with Gasteiger partial charge in [-0.1, -0.05) is 23.7 Å². The number of halogens is 1. The summed E-state index contributed by atoms with van der Waals surface area (Å²) in [6.07, 6.45) is 4.66. The van der Waals surface area contributed by atoms with Crippen LogP contribution in [0.3, 0.4) is 0 Å². The lowest BCUT2D eigenvalue weighted by Crippen LogP contribution is -2.35. The van der Waals surface area contributed by atoms with Crippen molar-refractivity contribution in [3.8, 4) is 0 Å². The van der Waals surface area contributed by atoms with Crippen LogP contribution in [-0.4, -0.2) is 22.1 Å². The summed E-state index contributed by atoms with van der Waals surface area (Å²) >= 11 is 5.83. The zero-order chi connectivity index (χ0) is 16.8. The number of fused-ring (bicyclic) bond motifs is 1. The SMILES string of the molecule is O=C(NCCCn1ccc2cccnc21)NCc1ccc(Cl)cc1. The molecule has 1 aromatic carbocycles. The minimum absolute atomic E-state index is 0.166. The minimum Gasteiger partial charge on any atom is -0.338 e. The van der Waals surface area contributed by atoms with Crippen molar-refractivity contribution in [2.75, 3.05) is 6.54 Å². The van der Waals surface area contributed by atoms with Crippen LogP contribution in [0.4, 0.5) is 4.79 Å². The normalized spacial score (nSPS) is 10.7. The van der Waals surface area contributed by atoms with Crippen LogP contribution in [0.5, 0.6) is 0 Å². The molecule has 124 valence electrons. The third kappa shape index (κ3) is 4.26. The molecule has 0 radical (unpaired) electrons. The first kappa shape index (κ1) is 16.3. The Kier molecular flexibility index (Phi) is 5.33. The molecule has 0 saturated carbocycles. The zero-order valence-corrected chi connectivity index (χ0v) is 14.0. The number of amides is 2. The van der Waals surface area contributed by atoms with E-state index in [0.29, 0.717) is 18.1 Å². The molecule has 3 rings (SSSR count). The summed E-state index contributed by atoms with van der Waals surface area (Å²) < 4.78 is 2.10. The third-order valence-electron chi connectivity index (χ3n) is 3.75. The quantitative estimate of drug-likeness (QED) is 0.673. The largest absolute Gasteiger partial charge is 0.338 e. The van der Waals surface area contributed by atoms with Crippen molar-refractivity contribution in [3.05, 3.63) is 65.4 Å². The number of nitrogens with zero attached hydrogens (tertiary/aromatic N) is 2. The molecule has 0 spiro atoms. The Hall–Kier alpha value is -2.53. The Morgan fingerprint density at radius 1 is 1.12 bits per heavy atom. The van der Waals surface area contributed by atoms with Gasteiger partial charge in [0.25, 0.3) is 0 Å². The van der Waals surface area contributed by atoms with Gasteiger partial charge < -0.3 is 15.2 Å². The molecule has 0 unspecified atom stereocenters. The van der Waals surface area contributed by atoms with Crippen molar-refractivity contribution >= 4 is 28.7 Å². The summed E-state index contributed by atoms with van der Waals surface area (Å²) in [6.45, 7) is 1.91. The first-order valence-electron chi connectivity index (χ1n) is 7.88. The van der Waals surface area contributed by atoms with E-state index in [-0.39, 0.29) is 6.03 Å². The van der Waals surface area contributed by atoms with Crippen molar-refractivity contribution in [2.24, 2.45) is 0 Å². The molecule has 0 aliphatic carbocycles. The van der Waals surface area contributed by atoms with Crippen molar-refractivity contribution in [1.82, 2.24) is 20.2 Å². The van der Waals surface area contributed by atoms with Gasteiger partial charge in [0, 0.05) is 42.4 Å². The number of carbonyl (C=O) groups is 1. The second kappa shape index (κ2) is 7.84. The highest BCUT2D eigenvalue weighted by atomic mass is 35.5. The summed E-state index contributed by atoms with van der Waals surface area (Å²) in [6, 6.07) is 13.3. The van der Waals surface area contributed by atoms with E-state index < -0.39 is 0 Å². The number of urea groups is 1. The second-order valence-corrected chi connectivity index (χ2v) is 5.95. The van der Waals surface area contributed by atoms with E-state index in [1.165, 1.54) is 0 Å². The van der Waals surface area contributed by atoms with E-state index in [9.17, 15) is 4.79 Å². The molecule has 0 fully saturated rings. The van der Waals surface area contributed by atoms with Gasteiger partial charge in [0.2, 0.25) is 0 Å². The van der Waals surface area contributed by atoms with Gasteiger partial charge in [-0.15, -0.1) is 0 Å². The fourth-order valence-corrected chi connectivity index (χ4v) is 2.63. The number of pyridine rings is 1. The fraction of sp³-hybridized carbons (Fsp3) is 0.222. The predicted molar refractivity (Wildman–Crippen MR) is 96.0 cm³/mol. The molecule has 24 heavy (non-hydrogen) atoms. The van der Waals surface area contributed by atoms with Gasteiger partial charge in [-0.2, -0.15) is 0 Å². The first-order chi connectivity index (χ1) is 11.7. The number of rotatable bonds is 6. The average Bonchev–Trinajstić information content (AvgIpc) is 3.01. The monoisotopic (exact) mass is 342 g/mol. The maximum atomic E-state index is 11.8. The molecule has 0 bridgehead atoms. The minimum atomic E-state index is -0.166. The molecule has 6 heteroatoms. The van der Waals surface area contributed by atoms with Crippen LogP contribution in [0.25, 0.3) is 11.0 Å². The van der Waals surface area contributed by atoms with Crippen molar-refractivity contribution in [1.29, 1.82) is 0 Å². The van der Waals surface area contributed by atoms with Crippen molar-refractivity contribution in [3.63, 3.8) is 0 Å². The molecule has 2 heterocycles. The predicted octanol–water partition coefficient (Wildman–Crippen LogP) is 3.58. The van der Waals surface area contributed by atoms with Gasteiger partial charge in [0.1, 0.15) is 5.65 Å². The van der Waals surface area contributed by atoms with E-state index in [0.717, 1.165) is 29.6 Å². The summed E-state index contributed by atoms with van der Waals surface area (Å²) in [5, 5.41) is 7.52. The maximum Gasteiger partial charge on any atom is 0.315 e. The third-order valence-corrected chi connectivity index (χ3v) is 4.00. The Balaban J connectivity index is 1.38. The average molecular weight is 343 g/mol. The van der Waals surface area contributed by atoms with E-state index in [1.54, 1.807) is 6.20 Å².